The Hall–Kier alpha value is -3.12. The van der Waals surface area contributed by atoms with E-state index in [1.165, 1.54) is 66.1 Å². The van der Waals surface area contributed by atoms with Gasteiger partial charge in [0.2, 0.25) is 0 Å². The molecule has 3 aromatic rings. The van der Waals surface area contributed by atoms with Gasteiger partial charge >= 0.3 is 0 Å². The van der Waals surface area contributed by atoms with Gasteiger partial charge in [-0.1, -0.05) is 108 Å². The Kier molecular flexibility index (Phi) is 5.55. The highest BCUT2D eigenvalue weighted by Gasteiger charge is 2.29. The topological polar surface area (TPSA) is 0 Å². The highest BCUT2D eigenvalue weighted by molar-refractivity contribution is 6.01. The van der Waals surface area contributed by atoms with Gasteiger partial charge < -0.3 is 0 Å². The molecule has 0 atom stereocenters. The van der Waals surface area contributed by atoms with Gasteiger partial charge in [0.05, 0.1) is 0 Å². The molecule has 178 valence electrons. The fourth-order valence-electron chi connectivity index (χ4n) is 5.74. The minimum atomic E-state index is 0.0214. The Morgan fingerprint density at radius 3 is 2.11 bits per heavy atom. The summed E-state index contributed by atoms with van der Waals surface area (Å²) in [5.41, 5.74) is 14.1. The van der Waals surface area contributed by atoms with E-state index in [0.29, 0.717) is 0 Å². The largest absolute Gasteiger partial charge is 0.0795 e. The summed E-state index contributed by atoms with van der Waals surface area (Å²) in [4.78, 5) is 0. The molecule has 5 rings (SSSR count). The lowest BCUT2D eigenvalue weighted by Crippen LogP contribution is -2.31. The van der Waals surface area contributed by atoms with Gasteiger partial charge in [-0.05, 0) is 104 Å². The molecule has 0 amide bonds. The lowest BCUT2D eigenvalue weighted by atomic mass is 9.76. The first-order chi connectivity index (χ1) is 16.5. The standard InChI is InChI=1S/C35H38/c1-22(2)29-21-30-27-18-17-25(34(3,4)5)19-24(27)20-31(30)32(33(29)35(6,7)8)28-16-12-15-26(28)23-13-10-9-11-14-23/h9-15,17-21H,16H2,1-8H3. The zero-order valence-corrected chi connectivity index (χ0v) is 22.6. The van der Waals surface area contributed by atoms with Gasteiger partial charge in [-0.2, -0.15) is 0 Å². The van der Waals surface area contributed by atoms with Crippen LogP contribution < -0.4 is 10.4 Å². The summed E-state index contributed by atoms with van der Waals surface area (Å²) >= 11 is 0. The summed E-state index contributed by atoms with van der Waals surface area (Å²) in [6, 6.07) is 20.5. The third-order valence-electron chi connectivity index (χ3n) is 7.48. The van der Waals surface area contributed by atoms with Crippen molar-refractivity contribution in [1.82, 2.24) is 0 Å². The first-order valence-corrected chi connectivity index (χ1v) is 12.9. The molecule has 2 aliphatic carbocycles. The molecular weight excluding hydrogens is 420 g/mol. The summed E-state index contributed by atoms with van der Waals surface area (Å²) in [6.45, 7) is 18.5. The van der Waals surface area contributed by atoms with E-state index in [-0.39, 0.29) is 10.8 Å². The summed E-state index contributed by atoms with van der Waals surface area (Å²) in [6.07, 6.45) is 8.11. The molecule has 0 bridgehead atoms. The second-order valence-electron chi connectivity index (χ2n) is 12.4. The molecule has 2 aliphatic rings. The van der Waals surface area contributed by atoms with E-state index in [4.69, 9.17) is 0 Å². The van der Waals surface area contributed by atoms with Crippen LogP contribution in [0.4, 0.5) is 0 Å². The van der Waals surface area contributed by atoms with Gasteiger partial charge in [0.15, 0.2) is 0 Å². The predicted octanol–water partition coefficient (Wildman–Crippen LogP) is 8.15. The molecule has 0 saturated heterocycles. The number of allylic oxidation sites excluding steroid dienone is 4. The number of benzene rings is 3. The van der Waals surface area contributed by atoms with Crippen molar-refractivity contribution in [2.24, 2.45) is 0 Å². The highest BCUT2D eigenvalue weighted by Crippen LogP contribution is 2.40. The van der Waals surface area contributed by atoms with Crippen LogP contribution in [-0.2, 0) is 10.8 Å². The van der Waals surface area contributed by atoms with Crippen molar-refractivity contribution < 1.29 is 0 Å². The predicted molar refractivity (Wildman–Crippen MR) is 154 cm³/mol. The summed E-state index contributed by atoms with van der Waals surface area (Å²) in [5.74, 6) is 0. The fourth-order valence-corrected chi connectivity index (χ4v) is 5.74. The van der Waals surface area contributed by atoms with Gasteiger partial charge in [0.25, 0.3) is 0 Å². The average molecular weight is 459 g/mol. The number of rotatable bonds is 2. The van der Waals surface area contributed by atoms with Crippen molar-refractivity contribution in [3.05, 3.63) is 105 Å². The number of hydrogen-bond acceptors (Lipinski definition) is 0. The van der Waals surface area contributed by atoms with Crippen LogP contribution in [-0.4, -0.2) is 0 Å². The first kappa shape index (κ1) is 23.6. The zero-order valence-electron chi connectivity index (χ0n) is 22.6. The van der Waals surface area contributed by atoms with Gasteiger partial charge in [-0.15, -0.1) is 0 Å². The molecule has 0 unspecified atom stereocenters. The zero-order chi connectivity index (χ0) is 25.1. The maximum absolute atomic E-state index is 2.47. The minimum absolute atomic E-state index is 0.0214. The Morgan fingerprint density at radius 1 is 0.771 bits per heavy atom. The second-order valence-corrected chi connectivity index (χ2v) is 12.4. The van der Waals surface area contributed by atoms with Crippen molar-refractivity contribution in [1.29, 1.82) is 0 Å². The van der Waals surface area contributed by atoms with Crippen LogP contribution >= 0.6 is 0 Å². The molecule has 35 heavy (non-hydrogen) atoms. The molecule has 0 nitrogen and oxygen atoms in total. The van der Waals surface area contributed by atoms with Crippen molar-refractivity contribution in [2.45, 2.75) is 72.6 Å². The Bertz CT molecular complexity index is 1500. The molecule has 0 saturated carbocycles. The van der Waals surface area contributed by atoms with Gasteiger partial charge in [0.1, 0.15) is 0 Å². The Morgan fingerprint density at radius 2 is 1.49 bits per heavy atom. The second kappa shape index (κ2) is 8.23. The van der Waals surface area contributed by atoms with Gasteiger partial charge in [0, 0.05) is 0 Å². The Labute approximate surface area is 211 Å². The van der Waals surface area contributed by atoms with Crippen LogP contribution in [0.2, 0.25) is 0 Å². The van der Waals surface area contributed by atoms with Crippen LogP contribution in [0.3, 0.4) is 0 Å². The van der Waals surface area contributed by atoms with Crippen molar-refractivity contribution >= 4 is 22.8 Å². The maximum atomic E-state index is 2.47. The van der Waals surface area contributed by atoms with Gasteiger partial charge in [-0.3, -0.25) is 0 Å². The molecule has 0 heterocycles. The van der Waals surface area contributed by atoms with Gasteiger partial charge in [-0.25, -0.2) is 0 Å². The SMILES string of the molecule is CC(C)=c1cc2c(c(C3=C(c4ccccc4)C=CC3)c1C(C)(C)C)=Cc1cc(C(C)(C)C)ccc1-2. The lowest BCUT2D eigenvalue weighted by molar-refractivity contribution is 0.583. The lowest BCUT2D eigenvalue weighted by Gasteiger charge is -2.27. The normalized spacial score (nSPS) is 14.7. The van der Waals surface area contributed by atoms with Crippen molar-refractivity contribution in [3.63, 3.8) is 0 Å². The molecule has 0 heteroatoms. The number of fused-ring (bicyclic) bond motifs is 3. The molecule has 0 spiro atoms. The van der Waals surface area contributed by atoms with Crippen LogP contribution in [0.1, 0.15) is 89.6 Å². The molecule has 0 radical (unpaired) electrons. The van der Waals surface area contributed by atoms with E-state index in [1.807, 2.05) is 0 Å². The Balaban J connectivity index is 1.93. The monoisotopic (exact) mass is 458 g/mol. The highest BCUT2D eigenvalue weighted by atomic mass is 14.3. The van der Waals surface area contributed by atoms with Crippen LogP contribution in [0.15, 0.2) is 66.7 Å². The summed E-state index contributed by atoms with van der Waals surface area (Å²) in [7, 11) is 0. The molecule has 0 fully saturated rings. The quantitative estimate of drug-likeness (QED) is 0.284. The van der Waals surface area contributed by atoms with E-state index in [1.54, 1.807) is 0 Å². The van der Waals surface area contributed by atoms with E-state index in [0.717, 1.165) is 6.42 Å². The van der Waals surface area contributed by atoms with Crippen LogP contribution in [0.25, 0.3) is 33.9 Å². The molecule has 0 aromatic heterocycles. The molecule has 0 N–H and O–H groups in total. The van der Waals surface area contributed by atoms with Crippen LogP contribution in [0, 0.1) is 0 Å². The van der Waals surface area contributed by atoms with E-state index >= 15 is 0 Å². The maximum Gasteiger partial charge on any atom is -0.00817 e. The number of hydrogen-bond donors (Lipinski definition) is 0. The van der Waals surface area contributed by atoms with Crippen molar-refractivity contribution in [2.75, 3.05) is 0 Å². The van der Waals surface area contributed by atoms with E-state index < -0.39 is 0 Å². The summed E-state index contributed by atoms with van der Waals surface area (Å²) < 4.78 is 0. The molecular formula is C35H38. The average Bonchev–Trinajstić information content (AvgIpc) is 3.41. The first-order valence-electron chi connectivity index (χ1n) is 12.9. The summed E-state index contributed by atoms with van der Waals surface area (Å²) in [5, 5.41) is 2.80. The van der Waals surface area contributed by atoms with Crippen LogP contribution in [0.5, 0.6) is 0 Å². The van der Waals surface area contributed by atoms with E-state index in [9.17, 15) is 0 Å². The molecule has 0 aliphatic heterocycles. The third-order valence-corrected chi connectivity index (χ3v) is 7.48. The molecule has 3 aromatic carbocycles. The fraction of sp³-hybridized carbons (Fsp3) is 0.314. The minimum Gasteiger partial charge on any atom is -0.0795 e. The third kappa shape index (κ3) is 4.04. The van der Waals surface area contributed by atoms with Crippen molar-refractivity contribution in [3.8, 4) is 11.1 Å². The smallest absolute Gasteiger partial charge is 0.00817 e. The van der Waals surface area contributed by atoms with E-state index in [2.05, 4.69) is 128 Å².